The molecule has 5 atom stereocenters. The molecule has 44 heavy (non-hydrogen) atoms. The number of rotatable bonds is 7. The lowest BCUT2D eigenvalue weighted by molar-refractivity contribution is -0.156. The van der Waals surface area contributed by atoms with Crippen LogP contribution in [0.4, 0.5) is 5.69 Å². The number of esters is 1. The number of phenolic OH excluding ortho intramolecular Hbond substituents is 1. The average Bonchev–Trinajstić information content (AvgIpc) is 2.96. The van der Waals surface area contributed by atoms with Gasteiger partial charge in [-0.3, -0.25) is 9.59 Å². The van der Waals surface area contributed by atoms with Gasteiger partial charge in [-0.05, 0) is 62.3 Å². The lowest BCUT2D eigenvalue weighted by Gasteiger charge is -2.29. The van der Waals surface area contributed by atoms with Gasteiger partial charge in [0.2, 0.25) is 11.8 Å². The van der Waals surface area contributed by atoms with Gasteiger partial charge in [0.1, 0.15) is 17.9 Å². The van der Waals surface area contributed by atoms with E-state index >= 15 is 0 Å². The number of allylic oxidation sites excluding steroid dienone is 5. The van der Waals surface area contributed by atoms with Gasteiger partial charge in [-0.15, -0.1) is 0 Å². The number of ether oxygens (including phenoxy) is 2. The number of hydrogen-bond acceptors (Lipinski definition) is 7. The van der Waals surface area contributed by atoms with Crippen molar-refractivity contribution in [3.63, 3.8) is 0 Å². The van der Waals surface area contributed by atoms with Crippen LogP contribution in [0.5, 0.6) is 5.75 Å². The SMILES string of the molecule is CO[C@H]1\C=C/C=C\C=C/C[C@H](OC(=O)[C@@H](C)NC(=O)CCC(C)C)[C@@H](C)[C@@H](O)/C(C)=C\CCc2cc(O)cc(c2)NC(=O)C1. The Labute approximate surface area is 262 Å². The topological polar surface area (TPSA) is 134 Å². The molecule has 0 unspecified atom stereocenters. The van der Waals surface area contributed by atoms with E-state index in [1.807, 2.05) is 58.1 Å². The minimum atomic E-state index is -0.880. The van der Waals surface area contributed by atoms with E-state index in [4.69, 9.17) is 9.47 Å². The van der Waals surface area contributed by atoms with Crippen LogP contribution in [0.25, 0.3) is 0 Å². The molecule has 0 saturated carbocycles. The highest BCUT2D eigenvalue weighted by atomic mass is 16.5. The molecular formula is C35H50N2O7. The summed E-state index contributed by atoms with van der Waals surface area (Å²) in [6.07, 6.45) is 13.5. The summed E-state index contributed by atoms with van der Waals surface area (Å²) in [7, 11) is 1.53. The molecule has 0 radical (unpaired) electrons. The number of anilines is 1. The monoisotopic (exact) mass is 610 g/mol. The summed E-state index contributed by atoms with van der Waals surface area (Å²) in [5.74, 6) is -1.02. The van der Waals surface area contributed by atoms with E-state index in [-0.39, 0.29) is 24.0 Å². The van der Waals surface area contributed by atoms with Gasteiger partial charge in [0, 0.05) is 37.6 Å². The highest BCUT2D eigenvalue weighted by Crippen LogP contribution is 2.24. The molecule has 2 rings (SSSR count). The molecule has 0 fully saturated rings. The maximum absolute atomic E-state index is 13.0. The van der Waals surface area contributed by atoms with Crippen LogP contribution in [0.15, 0.2) is 66.3 Å². The van der Waals surface area contributed by atoms with E-state index in [2.05, 4.69) is 10.6 Å². The molecule has 0 aromatic heterocycles. The summed E-state index contributed by atoms with van der Waals surface area (Å²) in [6, 6.07) is 4.13. The summed E-state index contributed by atoms with van der Waals surface area (Å²) >= 11 is 0. The van der Waals surface area contributed by atoms with E-state index in [1.54, 1.807) is 31.2 Å². The van der Waals surface area contributed by atoms with E-state index < -0.39 is 36.2 Å². The number of methoxy groups -OCH3 is 1. The Morgan fingerprint density at radius 3 is 2.55 bits per heavy atom. The standard InChI is InChI=1S/C35H50N2O7/c1-23(2)17-18-32(39)36-26(5)35(42)44-31-16-11-9-7-8-10-15-30(43-6)22-33(40)37-28-19-27(20-29(38)21-28)14-12-13-24(3)34(41)25(31)4/h7-11,13,15,19-21,23,25-26,30-31,34,38,41H,12,14,16-18,22H2,1-6H3,(H,36,39)(H,37,40)/b8-7-,11-9-,15-10-,24-13-/t25-,26-,30+,31+,34+/m1/s1. The minimum Gasteiger partial charge on any atom is -0.508 e. The third kappa shape index (κ3) is 13.3. The molecule has 0 saturated heterocycles. The van der Waals surface area contributed by atoms with Crippen molar-refractivity contribution in [2.24, 2.45) is 11.8 Å². The minimum absolute atomic E-state index is 0.0429. The summed E-state index contributed by atoms with van der Waals surface area (Å²) in [5, 5.41) is 27.0. The number of carbonyl (C=O) groups excluding carboxylic acids is 3. The van der Waals surface area contributed by atoms with Gasteiger partial charge in [0.15, 0.2) is 0 Å². The number of benzene rings is 1. The number of aliphatic hydroxyl groups excluding tert-OH is 1. The van der Waals surface area contributed by atoms with Crippen molar-refractivity contribution in [2.75, 3.05) is 12.4 Å². The molecule has 242 valence electrons. The van der Waals surface area contributed by atoms with Crippen LogP contribution in [-0.2, 0) is 30.3 Å². The van der Waals surface area contributed by atoms with Crippen molar-refractivity contribution in [1.29, 1.82) is 0 Å². The quantitative estimate of drug-likeness (QED) is 0.235. The molecule has 9 heteroatoms. The number of nitrogens with one attached hydrogen (secondary N) is 2. The first-order valence-electron chi connectivity index (χ1n) is 15.4. The maximum Gasteiger partial charge on any atom is 0.328 e. The zero-order valence-electron chi connectivity index (χ0n) is 26.9. The number of phenols is 1. The second-order valence-corrected chi connectivity index (χ2v) is 11.8. The van der Waals surface area contributed by atoms with E-state index in [9.17, 15) is 24.6 Å². The number of carbonyl (C=O) groups is 3. The third-order valence-corrected chi connectivity index (χ3v) is 7.51. The number of hydrogen-bond donors (Lipinski definition) is 4. The van der Waals surface area contributed by atoms with Gasteiger partial charge in [-0.25, -0.2) is 4.79 Å². The predicted octanol–water partition coefficient (Wildman–Crippen LogP) is 5.54. The molecule has 0 aliphatic carbocycles. The van der Waals surface area contributed by atoms with E-state index in [0.29, 0.717) is 37.3 Å². The Morgan fingerprint density at radius 2 is 1.84 bits per heavy atom. The first-order valence-corrected chi connectivity index (χ1v) is 15.4. The number of aliphatic hydroxyl groups is 1. The summed E-state index contributed by atoms with van der Waals surface area (Å²) in [5.41, 5.74) is 2.05. The number of amides is 2. The second kappa shape index (κ2) is 18.9. The van der Waals surface area contributed by atoms with Crippen LogP contribution < -0.4 is 10.6 Å². The van der Waals surface area contributed by atoms with Crippen molar-refractivity contribution in [3.05, 3.63) is 71.9 Å². The molecule has 2 bridgehead atoms. The Hall–Kier alpha value is -3.69. The normalized spacial score (nSPS) is 26.2. The van der Waals surface area contributed by atoms with Gasteiger partial charge in [-0.1, -0.05) is 63.3 Å². The molecule has 0 spiro atoms. The van der Waals surface area contributed by atoms with Crippen LogP contribution >= 0.6 is 0 Å². The fourth-order valence-electron chi connectivity index (χ4n) is 4.74. The van der Waals surface area contributed by atoms with Crippen LogP contribution in [0, 0.1) is 11.8 Å². The molecular weight excluding hydrogens is 560 g/mol. The number of aryl methyl sites for hydroxylation is 1. The highest BCUT2D eigenvalue weighted by molar-refractivity contribution is 5.91. The fraction of sp³-hybridized carbons (Fsp3) is 0.514. The van der Waals surface area contributed by atoms with E-state index in [1.165, 1.54) is 13.2 Å². The summed E-state index contributed by atoms with van der Waals surface area (Å²) < 4.78 is 11.3. The zero-order chi connectivity index (χ0) is 32.6. The Morgan fingerprint density at radius 1 is 1.11 bits per heavy atom. The predicted molar refractivity (Wildman–Crippen MR) is 173 cm³/mol. The van der Waals surface area contributed by atoms with Gasteiger partial charge in [-0.2, -0.15) is 0 Å². The summed E-state index contributed by atoms with van der Waals surface area (Å²) in [4.78, 5) is 37.9. The van der Waals surface area contributed by atoms with Crippen LogP contribution in [-0.4, -0.2) is 59.5 Å². The maximum atomic E-state index is 13.0. The molecule has 1 aromatic rings. The number of aromatic hydroxyl groups is 1. The average molecular weight is 611 g/mol. The van der Waals surface area contributed by atoms with Crippen LogP contribution in [0.3, 0.4) is 0 Å². The Balaban J connectivity index is 2.27. The molecule has 1 aliphatic heterocycles. The fourth-order valence-corrected chi connectivity index (χ4v) is 4.74. The first-order chi connectivity index (χ1) is 20.9. The molecule has 1 aromatic carbocycles. The summed E-state index contributed by atoms with van der Waals surface area (Å²) in [6.45, 7) is 9.34. The van der Waals surface area contributed by atoms with Gasteiger partial charge in [0.05, 0.1) is 18.6 Å². The van der Waals surface area contributed by atoms with E-state index in [0.717, 1.165) is 17.6 Å². The lowest BCUT2D eigenvalue weighted by Crippen LogP contribution is -2.43. The van der Waals surface area contributed by atoms with Crippen molar-refractivity contribution in [3.8, 4) is 5.75 Å². The van der Waals surface area contributed by atoms with Crippen molar-refractivity contribution >= 4 is 23.5 Å². The smallest absolute Gasteiger partial charge is 0.328 e. The van der Waals surface area contributed by atoms with Crippen LogP contribution in [0.1, 0.15) is 72.3 Å². The Bertz CT molecular complexity index is 1220. The molecule has 4 N–H and O–H groups in total. The molecule has 1 aliphatic rings. The Kier molecular flexibility index (Phi) is 15.6. The van der Waals surface area contributed by atoms with Gasteiger partial charge < -0.3 is 30.3 Å². The van der Waals surface area contributed by atoms with Crippen molar-refractivity contribution in [1.82, 2.24) is 5.32 Å². The highest BCUT2D eigenvalue weighted by Gasteiger charge is 2.29. The van der Waals surface area contributed by atoms with Gasteiger partial charge >= 0.3 is 5.97 Å². The van der Waals surface area contributed by atoms with Gasteiger partial charge in [0.25, 0.3) is 0 Å². The molecule has 9 nitrogen and oxygen atoms in total. The second-order valence-electron chi connectivity index (χ2n) is 11.8. The molecule has 1 heterocycles. The zero-order valence-corrected chi connectivity index (χ0v) is 26.9. The molecule has 2 amide bonds. The largest absolute Gasteiger partial charge is 0.508 e. The lowest BCUT2D eigenvalue weighted by atomic mass is 9.90. The van der Waals surface area contributed by atoms with Crippen molar-refractivity contribution in [2.45, 2.75) is 97.5 Å². The third-order valence-electron chi connectivity index (χ3n) is 7.51. The first kappa shape index (κ1) is 36.5. The van der Waals surface area contributed by atoms with Crippen molar-refractivity contribution < 1.29 is 34.1 Å². The number of fused-ring (bicyclic) bond motifs is 2. The van der Waals surface area contributed by atoms with Crippen LogP contribution in [0.2, 0.25) is 0 Å².